The number of hydrogen-bond acceptors (Lipinski definition) is 6. The highest BCUT2D eigenvalue weighted by atomic mass is 16.7. The lowest BCUT2D eigenvalue weighted by atomic mass is 9.74. The molecule has 0 radical (unpaired) electrons. The second kappa shape index (κ2) is 7.53. The summed E-state index contributed by atoms with van der Waals surface area (Å²) in [4.78, 5) is 33.1. The molecule has 0 bridgehead atoms. The van der Waals surface area contributed by atoms with Crippen LogP contribution in [0.15, 0.2) is 78.0 Å². The topological polar surface area (TPSA) is 86.2 Å². The van der Waals surface area contributed by atoms with Gasteiger partial charge in [-0.2, -0.15) is 0 Å². The van der Waals surface area contributed by atoms with Gasteiger partial charge in [-0.3, -0.25) is 9.59 Å². The molecule has 2 aliphatic rings. The Morgan fingerprint density at radius 1 is 1.00 bits per heavy atom. The number of anilines is 1. The summed E-state index contributed by atoms with van der Waals surface area (Å²) in [5.41, 5.74) is 0.901. The SMILES string of the molecule is COc1ccc(C2=NO[C@@]3(C(=O)Nc4ccccc43)[C@@H]2C(=O)c2ccccc2)c(OC)c1. The van der Waals surface area contributed by atoms with Gasteiger partial charge < -0.3 is 19.6 Å². The van der Waals surface area contributed by atoms with Gasteiger partial charge in [0.05, 0.1) is 14.2 Å². The monoisotopic (exact) mass is 428 g/mol. The first-order valence-corrected chi connectivity index (χ1v) is 10.1. The van der Waals surface area contributed by atoms with Gasteiger partial charge in [0.1, 0.15) is 23.1 Å². The largest absolute Gasteiger partial charge is 0.497 e. The Labute approximate surface area is 184 Å². The van der Waals surface area contributed by atoms with Crippen molar-refractivity contribution in [2.45, 2.75) is 5.60 Å². The van der Waals surface area contributed by atoms with Crippen LogP contribution in [-0.4, -0.2) is 31.6 Å². The van der Waals surface area contributed by atoms with Crippen molar-refractivity contribution in [1.82, 2.24) is 0 Å². The van der Waals surface area contributed by atoms with Crippen LogP contribution in [0.1, 0.15) is 21.5 Å². The quantitative estimate of drug-likeness (QED) is 0.625. The number of carbonyl (C=O) groups excluding carboxylic acids is 2. The van der Waals surface area contributed by atoms with Gasteiger partial charge in [-0.15, -0.1) is 0 Å². The summed E-state index contributed by atoms with van der Waals surface area (Å²) in [6, 6.07) is 21.2. The van der Waals surface area contributed by atoms with E-state index in [9.17, 15) is 9.59 Å². The molecule has 1 amide bonds. The minimum absolute atomic E-state index is 0.272. The third-order valence-electron chi connectivity index (χ3n) is 5.89. The van der Waals surface area contributed by atoms with E-state index in [1.165, 1.54) is 7.11 Å². The third-order valence-corrected chi connectivity index (χ3v) is 5.89. The summed E-state index contributed by atoms with van der Waals surface area (Å²) in [7, 11) is 3.08. The molecule has 7 heteroatoms. The molecular weight excluding hydrogens is 408 g/mol. The molecule has 2 heterocycles. The number of nitrogens with zero attached hydrogens (tertiary/aromatic N) is 1. The highest BCUT2D eigenvalue weighted by Gasteiger charge is 2.63. The zero-order valence-electron chi connectivity index (χ0n) is 17.5. The number of ketones is 1. The Kier molecular flexibility index (Phi) is 4.66. The second-order valence-corrected chi connectivity index (χ2v) is 7.53. The lowest BCUT2D eigenvalue weighted by molar-refractivity contribution is -0.140. The lowest BCUT2D eigenvalue weighted by Crippen LogP contribution is -2.46. The number of rotatable bonds is 5. The maximum absolute atomic E-state index is 13.9. The predicted molar refractivity (Wildman–Crippen MR) is 118 cm³/mol. The zero-order chi connectivity index (χ0) is 22.3. The lowest BCUT2D eigenvalue weighted by Gasteiger charge is -2.27. The Morgan fingerprint density at radius 2 is 1.75 bits per heavy atom. The fourth-order valence-electron chi connectivity index (χ4n) is 4.34. The number of para-hydroxylation sites is 1. The van der Waals surface area contributed by atoms with Gasteiger partial charge in [-0.25, -0.2) is 0 Å². The van der Waals surface area contributed by atoms with E-state index in [0.717, 1.165) is 0 Å². The molecule has 32 heavy (non-hydrogen) atoms. The molecule has 0 fully saturated rings. The van der Waals surface area contributed by atoms with Gasteiger partial charge in [0.15, 0.2) is 5.78 Å². The van der Waals surface area contributed by atoms with Crippen molar-refractivity contribution >= 4 is 23.1 Å². The van der Waals surface area contributed by atoms with E-state index in [1.54, 1.807) is 67.8 Å². The van der Waals surface area contributed by atoms with Crippen molar-refractivity contribution in [1.29, 1.82) is 0 Å². The van der Waals surface area contributed by atoms with E-state index >= 15 is 0 Å². The van der Waals surface area contributed by atoms with Crippen molar-refractivity contribution in [3.05, 3.63) is 89.5 Å². The number of Topliss-reactive ketones (excluding diaryl/α,β-unsaturated/α-hetero) is 1. The summed E-state index contributed by atoms with van der Waals surface area (Å²) in [6.07, 6.45) is 0. The predicted octanol–water partition coefficient (Wildman–Crippen LogP) is 3.78. The van der Waals surface area contributed by atoms with Crippen LogP contribution in [0.25, 0.3) is 0 Å². The average Bonchev–Trinajstić information content (AvgIpc) is 3.37. The molecule has 5 rings (SSSR count). The normalized spacial score (nSPS) is 20.9. The summed E-state index contributed by atoms with van der Waals surface area (Å²) in [5, 5.41) is 7.14. The van der Waals surface area contributed by atoms with Gasteiger partial charge >= 0.3 is 0 Å². The Balaban J connectivity index is 1.71. The fourth-order valence-corrected chi connectivity index (χ4v) is 4.34. The van der Waals surface area contributed by atoms with Crippen molar-refractivity contribution in [2.75, 3.05) is 19.5 Å². The molecule has 0 aromatic heterocycles. The number of fused-ring (bicyclic) bond motifs is 2. The van der Waals surface area contributed by atoms with Gasteiger partial charge in [-0.05, 0) is 18.2 Å². The van der Waals surface area contributed by atoms with E-state index in [2.05, 4.69) is 10.5 Å². The van der Waals surface area contributed by atoms with Gasteiger partial charge in [-0.1, -0.05) is 53.7 Å². The van der Waals surface area contributed by atoms with Crippen molar-refractivity contribution < 1.29 is 23.9 Å². The van der Waals surface area contributed by atoms with Gasteiger partial charge in [0.2, 0.25) is 0 Å². The Bertz CT molecular complexity index is 1250. The van der Waals surface area contributed by atoms with E-state index in [4.69, 9.17) is 14.3 Å². The van der Waals surface area contributed by atoms with Crippen molar-refractivity contribution in [3.8, 4) is 11.5 Å². The first-order valence-electron chi connectivity index (χ1n) is 10.1. The molecule has 3 aromatic rings. The van der Waals surface area contributed by atoms with Crippen LogP contribution >= 0.6 is 0 Å². The molecule has 0 unspecified atom stereocenters. The van der Waals surface area contributed by atoms with E-state index in [-0.39, 0.29) is 5.78 Å². The fraction of sp³-hybridized carbons (Fsp3) is 0.160. The highest BCUT2D eigenvalue weighted by Crippen LogP contribution is 2.50. The maximum atomic E-state index is 13.9. The van der Waals surface area contributed by atoms with Crippen LogP contribution in [0.2, 0.25) is 0 Å². The number of oxime groups is 1. The summed E-state index contributed by atoms with van der Waals surface area (Å²) >= 11 is 0. The van der Waals surface area contributed by atoms with Crippen LogP contribution in [0.3, 0.4) is 0 Å². The van der Waals surface area contributed by atoms with E-state index in [0.29, 0.717) is 39.6 Å². The molecule has 7 nitrogen and oxygen atoms in total. The Morgan fingerprint density at radius 3 is 2.50 bits per heavy atom. The number of amides is 1. The summed E-state index contributed by atoms with van der Waals surface area (Å²) < 4.78 is 10.8. The summed E-state index contributed by atoms with van der Waals surface area (Å²) in [6.45, 7) is 0. The van der Waals surface area contributed by atoms with Crippen LogP contribution in [0, 0.1) is 5.92 Å². The standard InChI is InChI=1S/C25H20N2O5/c1-30-16-12-13-17(20(14-16)31-2)22-21(23(28)15-8-4-3-5-9-15)25(32-27-22)18-10-6-7-11-19(18)26-24(25)29/h3-14,21H,1-2H3,(H,26,29)/t21-,25+/m0/s1. The van der Waals surface area contributed by atoms with Crippen LogP contribution in [-0.2, 0) is 15.2 Å². The first-order chi connectivity index (χ1) is 15.6. The molecule has 2 aliphatic heterocycles. The average molecular weight is 428 g/mol. The van der Waals surface area contributed by atoms with Crippen molar-refractivity contribution in [3.63, 3.8) is 0 Å². The second-order valence-electron chi connectivity index (χ2n) is 7.53. The molecule has 3 aromatic carbocycles. The zero-order valence-corrected chi connectivity index (χ0v) is 17.5. The number of benzene rings is 3. The number of ether oxygens (including phenoxy) is 2. The number of methoxy groups -OCH3 is 2. The van der Waals surface area contributed by atoms with Crippen LogP contribution in [0.4, 0.5) is 5.69 Å². The summed E-state index contributed by atoms with van der Waals surface area (Å²) in [5.74, 6) is -0.669. The molecule has 1 N–H and O–H groups in total. The van der Waals surface area contributed by atoms with Gasteiger partial charge in [0.25, 0.3) is 11.5 Å². The maximum Gasteiger partial charge on any atom is 0.277 e. The number of carbonyl (C=O) groups is 2. The van der Waals surface area contributed by atoms with E-state index < -0.39 is 17.4 Å². The molecule has 0 saturated carbocycles. The molecule has 2 atom stereocenters. The van der Waals surface area contributed by atoms with Gasteiger partial charge in [0, 0.05) is 28.4 Å². The van der Waals surface area contributed by atoms with E-state index in [1.807, 2.05) is 12.1 Å². The molecule has 1 spiro atoms. The third kappa shape index (κ3) is 2.78. The minimum Gasteiger partial charge on any atom is -0.497 e. The number of nitrogens with one attached hydrogen (secondary N) is 1. The van der Waals surface area contributed by atoms with Crippen molar-refractivity contribution in [2.24, 2.45) is 11.1 Å². The smallest absolute Gasteiger partial charge is 0.277 e. The Hall–Kier alpha value is -4.13. The first kappa shape index (κ1) is 19.8. The van der Waals surface area contributed by atoms with Crippen LogP contribution in [0.5, 0.6) is 11.5 Å². The molecule has 160 valence electrons. The molecule has 0 saturated heterocycles. The molecule has 0 aliphatic carbocycles. The number of hydrogen-bond donors (Lipinski definition) is 1. The molecular formula is C25H20N2O5. The van der Waals surface area contributed by atoms with Crippen LogP contribution < -0.4 is 14.8 Å². The highest BCUT2D eigenvalue weighted by molar-refractivity contribution is 6.25. The minimum atomic E-state index is -1.61.